The molecular formula is C21H23BrN2O3S. The van der Waals surface area contributed by atoms with E-state index in [-0.39, 0.29) is 5.91 Å². The number of hydrogen-bond acceptors (Lipinski definition) is 3. The van der Waals surface area contributed by atoms with Crippen LogP contribution in [0.1, 0.15) is 30.4 Å². The third-order valence-corrected chi connectivity index (χ3v) is 7.87. The fraction of sp³-hybridized carbons (Fsp3) is 0.381. The van der Waals surface area contributed by atoms with Crippen molar-refractivity contribution in [3.63, 3.8) is 0 Å². The number of rotatable bonds is 4. The van der Waals surface area contributed by atoms with Gasteiger partial charge in [0.15, 0.2) is 0 Å². The summed E-state index contributed by atoms with van der Waals surface area (Å²) in [5.41, 5.74) is 2.75. The molecule has 0 atom stereocenters. The lowest BCUT2D eigenvalue weighted by Crippen LogP contribution is -2.36. The van der Waals surface area contributed by atoms with Crippen molar-refractivity contribution in [1.29, 1.82) is 0 Å². The number of nitrogens with zero attached hydrogens (tertiary/aromatic N) is 2. The first-order chi connectivity index (χ1) is 13.4. The number of halogens is 1. The second-order valence-electron chi connectivity index (χ2n) is 7.35. The Balaban J connectivity index is 1.57. The normalized spacial score (nSPS) is 17.5. The average Bonchev–Trinajstić information content (AvgIpc) is 3.24. The number of carbonyl (C=O) groups is 1. The Labute approximate surface area is 174 Å². The van der Waals surface area contributed by atoms with E-state index in [0.29, 0.717) is 31.0 Å². The molecule has 2 aromatic rings. The van der Waals surface area contributed by atoms with Gasteiger partial charge in [-0.2, -0.15) is 4.31 Å². The number of hydrogen-bond donors (Lipinski definition) is 0. The van der Waals surface area contributed by atoms with E-state index in [2.05, 4.69) is 15.9 Å². The fourth-order valence-electron chi connectivity index (χ4n) is 3.94. The first kappa shape index (κ1) is 19.6. The van der Waals surface area contributed by atoms with Gasteiger partial charge in [0.1, 0.15) is 0 Å². The number of carbonyl (C=O) groups excluding carboxylic acids is 1. The fourth-order valence-corrected chi connectivity index (χ4v) is 5.78. The molecule has 148 valence electrons. The third-order valence-electron chi connectivity index (χ3n) is 5.44. The maximum absolute atomic E-state index is 12.9. The third kappa shape index (κ3) is 3.88. The molecule has 2 aliphatic rings. The average molecular weight is 463 g/mol. The highest BCUT2D eigenvalue weighted by molar-refractivity contribution is 9.10. The molecule has 0 unspecified atom stereocenters. The SMILES string of the molecule is O=C(Cc1ccc(Br)cc1)N1CCCc2cc(S(=O)(=O)N3CCCC3)ccc21. The van der Waals surface area contributed by atoms with E-state index in [4.69, 9.17) is 0 Å². The number of amides is 1. The number of sulfonamides is 1. The molecule has 0 radical (unpaired) electrons. The maximum Gasteiger partial charge on any atom is 0.243 e. The second kappa shape index (κ2) is 7.97. The summed E-state index contributed by atoms with van der Waals surface area (Å²) in [5.74, 6) is 0.0402. The summed E-state index contributed by atoms with van der Waals surface area (Å²) in [7, 11) is -3.44. The molecule has 0 bridgehead atoms. The van der Waals surface area contributed by atoms with Crippen molar-refractivity contribution < 1.29 is 13.2 Å². The van der Waals surface area contributed by atoms with Gasteiger partial charge in [0, 0.05) is 29.8 Å². The van der Waals surface area contributed by atoms with Gasteiger partial charge < -0.3 is 4.90 Å². The minimum Gasteiger partial charge on any atom is -0.312 e. The van der Waals surface area contributed by atoms with Crippen LogP contribution in [0.25, 0.3) is 0 Å². The molecule has 5 nitrogen and oxygen atoms in total. The van der Waals surface area contributed by atoms with E-state index < -0.39 is 10.0 Å². The molecule has 2 aromatic carbocycles. The zero-order valence-corrected chi connectivity index (χ0v) is 18.0. The van der Waals surface area contributed by atoms with Crippen LogP contribution in [-0.2, 0) is 27.7 Å². The summed E-state index contributed by atoms with van der Waals surface area (Å²) in [6.07, 6.45) is 3.80. The van der Waals surface area contributed by atoms with Gasteiger partial charge in [-0.1, -0.05) is 28.1 Å². The van der Waals surface area contributed by atoms with Crippen molar-refractivity contribution in [2.45, 2.75) is 37.0 Å². The first-order valence-corrected chi connectivity index (χ1v) is 11.9. The van der Waals surface area contributed by atoms with Crippen molar-refractivity contribution >= 4 is 37.5 Å². The molecule has 0 saturated carbocycles. The number of fused-ring (bicyclic) bond motifs is 1. The van der Waals surface area contributed by atoms with Gasteiger partial charge >= 0.3 is 0 Å². The molecule has 28 heavy (non-hydrogen) atoms. The van der Waals surface area contributed by atoms with Crippen molar-refractivity contribution in [1.82, 2.24) is 4.31 Å². The Morgan fingerprint density at radius 3 is 2.39 bits per heavy atom. The van der Waals surface area contributed by atoms with Crippen LogP contribution in [0.15, 0.2) is 51.8 Å². The molecule has 4 rings (SSSR count). The van der Waals surface area contributed by atoms with E-state index in [0.717, 1.165) is 47.0 Å². The monoisotopic (exact) mass is 462 g/mol. The van der Waals surface area contributed by atoms with Crippen molar-refractivity contribution in [2.75, 3.05) is 24.5 Å². The number of anilines is 1. The Kier molecular flexibility index (Phi) is 5.58. The zero-order chi connectivity index (χ0) is 19.7. The van der Waals surface area contributed by atoms with E-state index in [1.54, 1.807) is 27.4 Å². The van der Waals surface area contributed by atoms with Crippen LogP contribution < -0.4 is 4.90 Å². The van der Waals surface area contributed by atoms with Crippen LogP contribution in [0.4, 0.5) is 5.69 Å². The summed E-state index contributed by atoms with van der Waals surface area (Å²) in [6, 6.07) is 13.0. The predicted molar refractivity (Wildman–Crippen MR) is 113 cm³/mol. The molecule has 1 amide bonds. The lowest BCUT2D eigenvalue weighted by molar-refractivity contribution is -0.118. The molecule has 2 aliphatic heterocycles. The molecule has 0 aliphatic carbocycles. The van der Waals surface area contributed by atoms with Crippen molar-refractivity contribution in [3.05, 3.63) is 58.1 Å². The summed E-state index contributed by atoms with van der Waals surface area (Å²) in [5, 5.41) is 0. The first-order valence-electron chi connectivity index (χ1n) is 9.63. The molecule has 2 heterocycles. The molecule has 0 aromatic heterocycles. The minimum absolute atomic E-state index is 0.0402. The predicted octanol–water partition coefficient (Wildman–Crippen LogP) is 3.76. The summed E-state index contributed by atoms with van der Waals surface area (Å²) in [4.78, 5) is 15.0. The number of benzene rings is 2. The Bertz CT molecular complexity index is 983. The Hall–Kier alpha value is -1.70. The molecule has 0 N–H and O–H groups in total. The second-order valence-corrected chi connectivity index (χ2v) is 10.2. The number of aryl methyl sites for hydroxylation is 1. The van der Waals surface area contributed by atoms with E-state index >= 15 is 0 Å². The molecule has 1 fully saturated rings. The van der Waals surface area contributed by atoms with Crippen LogP contribution in [0.3, 0.4) is 0 Å². The lowest BCUT2D eigenvalue weighted by Gasteiger charge is -2.30. The summed E-state index contributed by atoms with van der Waals surface area (Å²) >= 11 is 3.41. The standard InChI is InChI=1S/C21H23BrN2O3S/c22-18-7-5-16(6-8-18)14-21(25)24-13-3-4-17-15-19(9-10-20(17)24)28(26,27)23-11-1-2-12-23/h5-10,15H,1-4,11-14H2. The van der Waals surface area contributed by atoms with Gasteiger partial charge in [0.25, 0.3) is 0 Å². The topological polar surface area (TPSA) is 57.7 Å². The summed E-state index contributed by atoms with van der Waals surface area (Å²) < 4.78 is 28.2. The van der Waals surface area contributed by atoms with Crippen LogP contribution >= 0.6 is 15.9 Å². The zero-order valence-electron chi connectivity index (χ0n) is 15.6. The summed E-state index contributed by atoms with van der Waals surface area (Å²) in [6.45, 7) is 1.86. The Morgan fingerprint density at radius 1 is 0.964 bits per heavy atom. The van der Waals surface area contributed by atoms with Gasteiger partial charge in [-0.3, -0.25) is 4.79 Å². The minimum atomic E-state index is -3.44. The smallest absolute Gasteiger partial charge is 0.243 e. The highest BCUT2D eigenvalue weighted by Gasteiger charge is 2.29. The highest BCUT2D eigenvalue weighted by atomic mass is 79.9. The molecular weight excluding hydrogens is 440 g/mol. The van der Waals surface area contributed by atoms with Crippen LogP contribution in [-0.4, -0.2) is 38.3 Å². The van der Waals surface area contributed by atoms with Crippen molar-refractivity contribution in [3.8, 4) is 0 Å². The quantitative estimate of drug-likeness (QED) is 0.694. The van der Waals surface area contributed by atoms with Gasteiger partial charge in [-0.25, -0.2) is 8.42 Å². The van der Waals surface area contributed by atoms with Crippen LogP contribution in [0, 0.1) is 0 Å². The molecule has 1 saturated heterocycles. The molecule has 0 spiro atoms. The van der Waals surface area contributed by atoms with E-state index in [1.807, 2.05) is 24.3 Å². The Morgan fingerprint density at radius 2 is 1.68 bits per heavy atom. The molecule has 7 heteroatoms. The van der Waals surface area contributed by atoms with E-state index in [9.17, 15) is 13.2 Å². The van der Waals surface area contributed by atoms with Gasteiger partial charge in [-0.15, -0.1) is 0 Å². The van der Waals surface area contributed by atoms with Crippen LogP contribution in [0.5, 0.6) is 0 Å². The van der Waals surface area contributed by atoms with Gasteiger partial charge in [0.2, 0.25) is 15.9 Å². The largest absolute Gasteiger partial charge is 0.312 e. The highest BCUT2D eigenvalue weighted by Crippen LogP contribution is 2.31. The van der Waals surface area contributed by atoms with Crippen LogP contribution in [0.2, 0.25) is 0 Å². The lowest BCUT2D eigenvalue weighted by atomic mass is 10.0. The van der Waals surface area contributed by atoms with E-state index in [1.165, 1.54) is 0 Å². The maximum atomic E-state index is 12.9. The van der Waals surface area contributed by atoms with Crippen molar-refractivity contribution in [2.24, 2.45) is 0 Å². The van der Waals surface area contributed by atoms with Gasteiger partial charge in [0.05, 0.1) is 11.3 Å². The van der Waals surface area contributed by atoms with Gasteiger partial charge in [-0.05, 0) is 67.1 Å².